The van der Waals surface area contributed by atoms with E-state index in [0.29, 0.717) is 54.8 Å². The van der Waals surface area contributed by atoms with Crippen molar-refractivity contribution in [3.63, 3.8) is 0 Å². The molecular weight excluding hydrogens is 1040 g/mol. The van der Waals surface area contributed by atoms with Crippen LogP contribution >= 0.6 is 0 Å². The first-order chi connectivity index (χ1) is 39.0. The molecule has 4 bridgehead atoms. The van der Waals surface area contributed by atoms with Crippen LogP contribution in [0, 0.1) is 17.8 Å². The topological polar surface area (TPSA) is 185 Å². The Kier molecular flexibility index (Phi) is 15.1. The molecule has 3 aliphatic carbocycles. The van der Waals surface area contributed by atoms with Crippen molar-refractivity contribution in [1.29, 1.82) is 0 Å². The van der Waals surface area contributed by atoms with Gasteiger partial charge in [0.05, 0.1) is 23.7 Å². The van der Waals surface area contributed by atoms with Crippen LogP contribution in [-0.4, -0.2) is 128 Å². The molecule has 5 aromatic rings. The Morgan fingerprint density at radius 3 is 2.05 bits per heavy atom. The lowest BCUT2D eigenvalue weighted by Crippen LogP contribution is -2.81. The van der Waals surface area contributed by atoms with Crippen molar-refractivity contribution in [2.45, 2.75) is 160 Å². The van der Waals surface area contributed by atoms with Crippen molar-refractivity contribution in [3.8, 4) is 17.2 Å². The van der Waals surface area contributed by atoms with Crippen molar-refractivity contribution in [2.24, 2.45) is 17.8 Å². The van der Waals surface area contributed by atoms with Crippen LogP contribution in [0.15, 0.2) is 126 Å². The Morgan fingerprint density at radius 2 is 1.40 bits per heavy atom. The number of nitrogens with zero attached hydrogens (tertiary/aromatic N) is 2. The fourth-order valence-corrected chi connectivity index (χ4v) is 14.6. The highest BCUT2D eigenvalue weighted by Crippen LogP contribution is 2.71. The van der Waals surface area contributed by atoms with Crippen LogP contribution in [0.3, 0.4) is 0 Å². The van der Waals surface area contributed by atoms with Gasteiger partial charge in [0.25, 0.3) is 0 Å². The molecule has 4 N–H and O–H groups in total. The summed E-state index contributed by atoms with van der Waals surface area (Å²) in [6, 6.07) is 27.7. The van der Waals surface area contributed by atoms with Gasteiger partial charge in [0, 0.05) is 55.6 Å². The van der Waals surface area contributed by atoms with Crippen LogP contribution in [0.4, 0.5) is 0 Å². The molecule has 14 nitrogen and oxygen atoms in total. The maximum atomic E-state index is 17.1. The van der Waals surface area contributed by atoms with Crippen molar-refractivity contribution in [1.82, 2.24) is 9.80 Å². The van der Waals surface area contributed by atoms with Gasteiger partial charge in [-0.05, 0) is 133 Å². The van der Waals surface area contributed by atoms with E-state index in [2.05, 4.69) is 41.3 Å². The van der Waals surface area contributed by atoms with Crippen LogP contribution < -0.4 is 14.2 Å². The number of benzene rings is 5. The van der Waals surface area contributed by atoms with Crippen LogP contribution in [0.2, 0.25) is 0 Å². The maximum absolute atomic E-state index is 17.1. The number of allylic oxidation sites excluding steroid dienone is 4. The first-order valence-corrected chi connectivity index (χ1v) is 28.9. The first kappa shape index (κ1) is 57.3. The fourth-order valence-electron chi connectivity index (χ4n) is 14.6. The van der Waals surface area contributed by atoms with Gasteiger partial charge in [-0.25, -0.2) is 0 Å². The van der Waals surface area contributed by atoms with E-state index in [4.69, 9.17) is 23.7 Å². The van der Waals surface area contributed by atoms with Crippen LogP contribution in [0.5, 0.6) is 17.2 Å². The zero-order valence-electron chi connectivity index (χ0n) is 48.8. The molecule has 5 aromatic carbocycles. The van der Waals surface area contributed by atoms with Gasteiger partial charge in [-0.1, -0.05) is 114 Å². The minimum Gasteiger partial charge on any atom is -0.482 e. The van der Waals surface area contributed by atoms with Crippen LogP contribution in [0.1, 0.15) is 114 Å². The molecule has 0 aromatic heterocycles. The Labute approximate surface area is 480 Å². The number of ether oxygens (including phenoxy) is 5. The number of hydrogen-bond acceptors (Lipinski definition) is 13. The third-order valence-corrected chi connectivity index (χ3v) is 18.6. The van der Waals surface area contributed by atoms with E-state index in [0.717, 1.165) is 43.8 Å². The van der Waals surface area contributed by atoms with Gasteiger partial charge >= 0.3 is 0 Å². The normalized spacial score (nSPS) is 30.3. The number of aliphatic hydroxyl groups excluding tert-OH is 4. The van der Waals surface area contributed by atoms with E-state index < -0.39 is 83.5 Å². The minimum atomic E-state index is -1.83. The third kappa shape index (κ3) is 9.42. The van der Waals surface area contributed by atoms with Crippen molar-refractivity contribution < 1.29 is 58.5 Å². The Morgan fingerprint density at radius 1 is 0.768 bits per heavy atom. The number of rotatable bonds is 16. The highest BCUT2D eigenvalue weighted by atomic mass is 16.7. The summed E-state index contributed by atoms with van der Waals surface area (Å²) in [5, 5.41) is 48.4. The second-order valence-electron chi connectivity index (χ2n) is 25.1. The maximum Gasteiger partial charge on any atom is 0.249 e. The number of ketones is 2. The predicted molar refractivity (Wildman–Crippen MR) is 314 cm³/mol. The Hall–Kier alpha value is -6.49. The molecule has 12 rings (SSSR count). The number of hydrogen-bond donors (Lipinski definition) is 4. The van der Waals surface area contributed by atoms with Gasteiger partial charge in [0.15, 0.2) is 22.8 Å². The first-order valence-electron chi connectivity index (χ1n) is 28.9. The average molecular weight is 1120 g/mol. The molecule has 1 amide bonds. The highest BCUT2D eigenvalue weighted by molar-refractivity contribution is 6.11. The molecule has 4 heterocycles. The van der Waals surface area contributed by atoms with E-state index in [9.17, 15) is 25.2 Å². The summed E-state index contributed by atoms with van der Waals surface area (Å²) in [5.74, 6) is -2.76. The zero-order chi connectivity index (χ0) is 58.4. The van der Waals surface area contributed by atoms with E-state index in [-0.39, 0.29) is 47.4 Å². The standard InChI is InChI=1S/C68H78N2O12/c1-38(2)18-17-31-66(8)32-30-48-59(80-66)47(28-27-39(3)4)61-52(60(48)79-64-58(75)57(74)55(72)50(37-71)78-64)56(73)53-54(69(9)35-43-23-15-21-41-19-11-13-25-45(41)43)49-34-51-65(6,7)82-67(62(49)76,68(51,53)81-61)33-29-40(5)63(77)70(10)36-44-24-16-22-42-20-12-14-26-46(42)44/h11-16,18-27,29-30,32,49-51,53-55,57-58,64,71-72,74-75H,17,28,31,33-37H2,1-10H3/t49?,50-,51?,53?,54?,55-,57-,58-,64+,66?,67?,68?/m1/s1. The minimum absolute atomic E-state index is 0.0396. The molecule has 432 valence electrons. The van der Waals surface area contributed by atoms with E-state index in [1.165, 1.54) is 0 Å². The van der Waals surface area contributed by atoms with Gasteiger partial charge in [0.1, 0.15) is 52.8 Å². The zero-order valence-corrected chi connectivity index (χ0v) is 48.8. The lowest BCUT2D eigenvalue weighted by Gasteiger charge is -2.64. The monoisotopic (exact) mass is 1110 g/mol. The van der Waals surface area contributed by atoms with Crippen molar-refractivity contribution in [2.75, 3.05) is 20.7 Å². The molecular formula is C68H78N2O12. The fraction of sp³-hybridized carbons (Fsp3) is 0.456. The number of aliphatic hydroxyl groups is 4. The summed E-state index contributed by atoms with van der Waals surface area (Å²) >= 11 is 0. The predicted octanol–water partition coefficient (Wildman–Crippen LogP) is 9.78. The largest absolute Gasteiger partial charge is 0.482 e. The molecule has 82 heavy (non-hydrogen) atoms. The lowest BCUT2D eigenvalue weighted by atomic mass is 9.44. The summed E-state index contributed by atoms with van der Waals surface area (Å²) in [6.45, 7) is 15.7. The van der Waals surface area contributed by atoms with Crippen molar-refractivity contribution >= 4 is 45.1 Å². The number of Topliss-reactive ketones (excluding diaryl/α,β-unsaturated/α-hetero) is 2. The molecule has 12 atom stereocenters. The molecule has 7 aliphatic rings. The SMILES string of the molecule is CC(C)=CCCC1(C)C=Cc2c(c(CC=C(C)C)c3c(c2O[C@@H]2O[C@H](CO)[C@@H](O)[C@@H](O)[C@H]2O)C(=O)C2C(N(C)Cc4cccc5ccccc45)C4CC5C(C)(C)OC(CC=C(C)C(=O)N(C)Cc6cccc7ccccc67)(C4=O)C25O3)O1. The lowest BCUT2D eigenvalue weighted by molar-refractivity contribution is -0.277. The molecule has 2 saturated heterocycles. The smallest absolute Gasteiger partial charge is 0.249 e. The number of amides is 1. The summed E-state index contributed by atoms with van der Waals surface area (Å²) in [5.41, 5.74) is 0.0968. The summed E-state index contributed by atoms with van der Waals surface area (Å²) in [6.07, 6.45) is 3.24. The van der Waals surface area contributed by atoms with Crippen molar-refractivity contribution in [3.05, 3.63) is 154 Å². The average Bonchev–Trinajstić information content (AvgIpc) is 1.37. The van der Waals surface area contributed by atoms with Gasteiger partial charge in [0.2, 0.25) is 12.2 Å². The van der Waals surface area contributed by atoms with Gasteiger partial charge in [-0.15, -0.1) is 0 Å². The number of likely N-dealkylation sites (N-methyl/N-ethyl adjacent to an activating group) is 1. The molecule has 3 saturated carbocycles. The molecule has 1 spiro atoms. The molecule has 5 fully saturated rings. The molecule has 14 heteroatoms. The molecule has 7 unspecified atom stereocenters. The highest BCUT2D eigenvalue weighted by Gasteiger charge is 2.86. The van der Waals surface area contributed by atoms with Gasteiger partial charge in [-0.2, -0.15) is 0 Å². The number of fused-ring (bicyclic) bond motifs is 4. The van der Waals surface area contributed by atoms with Crippen LogP contribution in [-0.2, 0) is 38.6 Å². The Bertz CT molecular complexity index is 3490. The van der Waals surface area contributed by atoms with Crippen LogP contribution in [0.25, 0.3) is 27.6 Å². The van der Waals surface area contributed by atoms with Gasteiger partial charge < -0.3 is 49.0 Å². The summed E-state index contributed by atoms with van der Waals surface area (Å²) in [4.78, 5) is 51.9. The van der Waals surface area contributed by atoms with E-state index >= 15 is 9.59 Å². The summed E-state index contributed by atoms with van der Waals surface area (Å²) in [7, 11) is 3.73. The molecule has 4 aliphatic heterocycles. The van der Waals surface area contributed by atoms with E-state index in [1.54, 1.807) is 24.9 Å². The van der Waals surface area contributed by atoms with E-state index in [1.807, 2.05) is 128 Å². The van der Waals surface area contributed by atoms with Gasteiger partial charge in [-0.3, -0.25) is 19.3 Å². The summed E-state index contributed by atoms with van der Waals surface area (Å²) < 4.78 is 35.5. The second kappa shape index (κ2) is 21.6. The second-order valence-corrected chi connectivity index (χ2v) is 25.1. The number of carbonyl (C=O) groups excluding carboxylic acids is 3. The number of carbonyl (C=O) groups is 3. The quantitative estimate of drug-likeness (QED) is 0.0541. The Balaban J connectivity index is 1.11. The molecule has 0 radical (unpaired) electrons. The third-order valence-electron chi connectivity index (χ3n) is 18.6.